The molecule has 0 aromatic carbocycles. The lowest BCUT2D eigenvalue weighted by atomic mass is 10.2. The third kappa shape index (κ3) is 4.52. The number of nitrogens with zero attached hydrogens (tertiary/aromatic N) is 1. The van der Waals surface area contributed by atoms with Gasteiger partial charge >= 0.3 is 6.18 Å². The van der Waals surface area contributed by atoms with Gasteiger partial charge in [0.05, 0.1) is 6.20 Å². The van der Waals surface area contributed by atoms with Crippen LogP contribution in [0.4, 0.5) is 18.3 Å². The molecular formula is C10H14F3N3OS. The molecular weight excluding hydrogens is 267 g/mol. The van der Waals surface area contributed by atoms with Crippen LogP contribution in [0.25, 0.3) is 0 Å². The maximum Gasteiger partial charge on any atom is 0.427 e. The SMILES string of the molecule is CC(C)C(=O)NCCNc1ncc(C(F)(F)F)s1. The van der Waals surface area contributed by atoms with Crippen LogP contribution in [0.2, 0.25) is 0 Å². The van der Waals surface area contributed by atoms with Gasteiger partial charge in [-0.05, 0) is 0 Å². The summed E-state index contributed by atoms with van der Waals surface area (Å²) in [6, 6.07) is 0. The molecule has 0 bridgehead atoms. The zero-order valence-electron chi connectivity index (χ0n) is 9.97. The first-order valence-corrected chi connectivity index (χ1v) is 6.17. The molecule has 0 aliphatic heterocycles. The Morgan fingerprint density at radius 1 is 1.44 bits per heavy atom. The van der Waals surface area contributed by atoms with Crippen LogP contribution < -0.4 is 10.6 Å². The molecule has 0 saturated carbocycles. The molecule has 1 rings (SSSR count). The van der Waals surface area contributed by atoms with Crippen molar-refractivity contribution >= 4 is 22.4 Å². The van der Waals surface area contributed by atoms with Gasteiger partial charge in [-0.15, -0.1) is 0 Å². The van der Waals surface area contributed by atoms with Crippen LogP contribution in [0.1, 0.15) is 18.7 Å². The molecule has 4 nitrogen and oxygen atoms in total. The molecule has 0 atom stereocenters. The summed E-state index contributed by atoms with van der Waals surface area (Å²) in [5.41, 5.74) is 0. The molecule has 8 heteroatoms. The summed E-state index contributed by atoms with van der Waals surface area (Å²) in [6.45, 7) is 4.21. The van der Waals surface area contributed by atoms with E-state index >= 15 is 0 Å². The van der Waals surface area contributed by atoms with E-state index in [-0.39, 0.29) is 17.0 Å². The van der Waals surface area contributed by atoms with Gasteiger partial charge in [-0.3, -0.25) is 4.79 Å². The van der Waals surface area contributed by atoms with Gasteiger partial charge in [0.25, 0.3) is 0 Å². The molecule has 0 aliphatic carbocycles. The van der Waals surface area contributed by atoms with Gasteiger partial charge < -0.3 is 10.6 Å². The minimum Gasteiger partial charge on any atom is -0.360 e. The number of thiazole rings is 1. The number of hydrogen-bond acceptors (Lipinski definition) is 4. The monoisotopic (exact) mass is 281 g/mol. The first kappa shape index (κ1) is 14.7. The standard InChI is InChI=1S/C10H14F3N3OS/c1-6(2)8(17)14-3-4-15-9-16-5-7(18-9)10(11,12)13/h5-6H,3-4H2,1-2H3,(H,14,17)(H,15,16). The molecule has 0 spiro atoms. The lowest BCUT2D eigenvalue weighted by Crippen LogP contribution is -2.31. The smallest absolute Gasteiger partial charge is 0.360 e. The molecule has 0 saturated heterocycles. The van der Waals surface area contributed by atoms with Crippen molar-refractivity contribution in [3.8, 4) is 0 Å². The van der Waals surface area contributed by atoms with Crippen molar-refractivity contribution in [3.63, 3.8) is 0 Å². The highest BCUT2D eigenvalue weighted by molar-refractivity contribution is 7.15. The zero-order chi connectivity index (χ0) is 13.8. The number of hydrogen-bond donors (Lipinski definition) is 2. The normalized spacial score (nSPS) is 11.7. The molecule has 2 N–H and O–H groups in total. The molecule has 18 heavy (non-hydrogen) atoms. The fourth-order valence-electron chi connectivity index (χ4n) is 1.05. The molecule has 102 valence electrons. The summed E-state index contributed by atoms with van der Waals surface area (Å²) in [6.07, 6.45) is -3.57. The van der Waals surface area contributed by atoms with E-state index in [0.717, 1.165) is 6.20 Å². The van der Waals surface area contributed by atoms with E-state index in [1.165, 1.54) is 0 Å². The van der Waals surface area contributed by atoms with Gasteiger partial charge in [0.2, 0.25) is 5.91 Å². The lowest BCUT2D eigenvalue weighted by molar-refractivity contribution is -0.134. The van der Waals surface area contributed by atoms with E-state index in [0.29, 0.717) is 24.4 Å². The van der Waals surface area contributed by atoms with Crippen molar-refractivity contribution in [1.82, 2.24) is 10.3 Å². The number of rotatable bonds is 5. The molecule has 1 aromatic heterocycles. The average Bonchev–Trinajstić information content (AvgIpc) is 2.72. The molecule has 0 aliphatic rings. The Morgan fingerprint density at radius 3 is 2.61 bits per heavy atom. The number of aromatic nitrogens is 1. The summed E-state index contributed by atoms with van der Waals surface area (Å²) < 4.78 is 36.8. The first-order valence-electron chi connectivity index (χ1n) is 5.35. The number of anilines is 1. The Bertz CT molecular complexity index is 403. The lowest BCUT2D eigenvalue weighted by Gasteiger charge is -2.07. The largest absolute Gasteiger partial charge is 0.427 e. The van der Waals surface area contributed by atoms with Crippen molar-refractivity contribution in [1.29, 1.82) is 0 Å². The van der Waals surface area contributed by atoms with Crippen LogP contribution in [-0.4, -0.2) is 24.0 Å². The number of halogens is 3. The maximum absolute atomic E-state index is 12.3. The van der Waals surface area contributed by atoms with Gasteiger partial charge in [-0.25, -0.2) is 4.98 Å². The van der Waals surface area contributed by atoms with Gasteiger partial charge in [0.15, 0.2) is 5.13 Å². The fourth-order valence-corrected chi connectivity index (χ4v) is 1.76. The second-order valence-corrected chi connectivity index (χ2v) is 4.93. The topological polar surface area (TPSA) is 54.0 Å². The van der Waals surface area contributed by atoms with E-state index < -0.39 is 11.1 Å². The number of carbonyl (C=O) groups is 1. The van der Waals surface area contributed by atoms with Crippen molar-refractivity contribution in [2.75, 3.05) is 18.4 Å². The maximum atomic E-state index is 12.3. The summed E-state index contributed by atoms with van der Waals surface area (Å²) in [5.74, 6) is -0.200. The van der Waals surface area contributed by atoms with Crippen molar-refractivity contribution in [3.05, 3.63) is 11.1 Å². The second kappa shape index (κ2) is 6.03. The zero-order valence-corrected chi connectivity index (χ0v) is 10.8. The highest BCUT2D eigenvalue weighted by atomic mass is 32.1. The van der Waals surface area contributed by atoms with Gasteiger partial charge in [0.1, 0.15) is 4.88 Å². The Morgan fingerprint density at radius 2 is 2.11 bits per heavy atom. The third-order valence-corrected chi connectivity index (χ3v) is 3.01. The van der Waals surface area contributed by atoms with Gasteiger partial charge in [-0.2, -0.15) is 13.2 Å². The minimum absolute atomic E-state index is 0.0908. The Kier molecular flexibility index (Phi) is 4.94. The van der Waals surface area contributed by atoms with E-state index in [1.54, 1.807) is 13.8 Å². The van der Waals surface area contributed by atoms with Crippen molar-refractivity contribution in [2.45, 2.75) is 20.0 Å². The Labute approximate surface area is 107 Å². The number of alkyl halides is 3. The Balaban J connectivity index is 2.32. The molecule has 1 amide bonds. The summed E-state index contributed by atoms with van der Waals surface area (Å²) in [7, 11) is 0. The van der Waals surface area contributed by atoms with Crippen LogP contribution in [0.5, 0.6) is 0 Å². The molecule has 0 fully saturated rings. The van der Waals surface area contributed by atoms with E-state index in [1.807, 2.05) is 0 Å². The fraction of sp³-hybridized carbons (Fsp3) is 0.600. The van der Waals surface area contributed by atoms with E-state index in [9.17, 15) is 18.0 Å². The quantitative estimate of drug-likeness (QED) is 0.815. The number of nitrogens with one attached hydrogen (secondary N) is 2. The van der Waals surface area contributed by atoms with Gasteiger partial charge in [-0.1, -0.05) is 25.2 Å². The summed E-state index contributed by atoms with van der Waals surface area (Å²) in [5, 5.41) is 5.56. The van der Waals surface area contributed by atoms with Gasteiger partial charge in [0, 0.05) is 19.0 Å². The summed E-state index contributed by atoms with van der Waals surface area (Å²) in [4.78, 5) is 14.1. The van der Waals surface area contributed by atoms with Crippen LogP contribution in [-0.2, 0) is 11.0 Å². The molecule has 0 unspecified atom stereocenters. The molecule has 0 radical (unpaired) electrons. The highest BCUT2D eigenvalue weighted by Crippen LogP contribution is 2.34. The van der Waals surface area contributed by atoms with Crippen LogP contribution in [0.3, 0.4) is 0 Å². The van der Waals surface area contributed by atoms with Crippen LogP contribution in [0.15, 0.2) is 6.20 Å². The van der Waals surface area contributed by atoms with E-state index in [2.05, 4.69) is 15.6 Å². The van der Waals surface area contributed by atoms with E-state index in [4.69, 9.17) is 0 Å². The Hall–Kier alpha value is -1.31. The minimum atomic E-state index is -4.36. The predicted molar refractivity (Wildman–Crippen MR) is 63.5 cm³/mol. The molecule has 1 heterocycles. The number of carbonyl (C=O) groups excluding carboxylic acids is 1. The van der Waals surface area contributed by atoms with Crippen molar-refractivity contribution < 1.29 is 18.0 Å². The first-order chi connectivity index (χ1) is 8.30. The highest BCUT2D eigenvalue weighted by Gasteiger charge is 2.33. The average molecular weight is 281 g/mol. The summed E-state index contributed by atoms with van der Waals surface area (Å²) >= 11 is 0.545. The van der Waals surface area contributed by atoms with Crippen molar-refractivity contribution in [2.24, 2.45) is 5.92 Å². The van der Waals surface area contributed by atoms with Crippen LogP contribution >= 0.6 is 11.3 Å². The van der Waals surface area contributed by atoms with Crippen LogP contribution in [0, 0.1) is 5.92 Å². The predicted octanol–water partition coefficient (Wildman–Crippen LogP) is 2.35. The second-order valence-electron chi connectivity index (χ2n) is 3.90. The molecule has 1 aromatic rings. The number of amides is 1. The third-order valence-electron chi connectivity index (χ3n) is 2.01.